The van der Waals surface area contributed by atoms with Gasteiger partial charge >= 0.3 is 0 Å². The first-order valence-electron chi connectivity index (χ1n) is 9.58. The van der Waals surface area contributed by atoms with E-state index in [-0.39, 0.29) is 6.54 Å². The second-order valence-electron chi connectivity index (χ2n) is 6.68. The summed E-state index contributed by atoms with van der Waals surface area (Å²) in [5.74, 6) is 0. The maximum Gasteiger partial charge on any atom is 0.111 e. The molecule has 0 unspecified atom stereocenters. The fourth-order valence-electron chi connectivity index (χ4n) is 2.67. The van der Waals surface area contributed by atoms with Gasteiger partial charge in [0.25, 0.3) is 0 Å². The van der Waals surface area contributed by atoms with Crippen LogP contribution >= 0.6 is 0 Å². The highest BCUT2D eigenvalue weighted by Gasteiger charge is 2.29. The topological polar surface area (TPSA) is 113 Å². The summed E-state index contributed by atoms with van der Waals surface area (Å²) in [4.78, 5) is 0. The van der Waals surface area contributed by atoms with Crippen molar-refractivity contribution in [3.05, 3.63) is 0 Å². The first-order valence-corrected chi connectivity index (χ1v) is 9.58. The van der Waals surface area contributed by atoms with Crippen LogP contribution < -0.4 is 5.32 Å². The summed E-state index contributed by atoms with van der Waals surface area (Å²) in [6.07, 6.45) is 7.01. The number of hydrogen-bond acceptors (Lipinski definition) is 6. The second kappa shape index (κ2) is 16.2. The number of aliphatic hydroxyl groups excluding tert-OH is 5. The Morgan fingerprint density at radius 3 is 1.62 bits per heavy atom. The summed E-state index contributed by atoms with van der Waals surface area (Å²) in [6, 6.07) is 0. The van der Waals surface area contributed by atoms with Crippen molar-refractivity contribution in [2.24, 2.45) is 0 Å². The minimum atomic E-state index is -1.55. The zero-order valence-electron chi connectivity index (χ0n) is 15.2. The van der Waals surface area contributed by atoms with E-state index in [1.54, 1.807) is 0 Å². The molecule has 4 atom stereocenters. The van der Waals surface area contributed by atoms with Crippen LogP contribution in [0.3, 0.4) is 0 Å². The van der Waals surface area contributed by atoms with Crippen LogP contribution in [0.25, 0.3) is 0 Å². The van der Waals surface area contributed by atoms with E-state index in [1.807, 2.05) is 0 Å². The first-order chi connectivity index (χ1) is 11.5. The van der Waals surface area contributed by atoms with Gasteiger partial charge < -0.3 is 30.8 Å². The standard InChI is InChI=1S/C18H39NO5/c1-2-3-4-5-6-7-8-9-10-11-12-19-13-15(21)17(23)18(24)16(22)14-20/h15-24H,2-14H2,1H3/t15-,16+,17+,18-/m0/s1. The van der Waals surface area contributed by atoms with Gasteiger partial charge in [0.2, 0.25) is 0 Å². The fourth-order valence-corrected chi connectivity index (χ4v) is 2.67. The maximum absolute atomic E-state index is 9.73. The Bertz CT molecular complexity index is 268. The minimum Gasteiger partial charge on any atom is -0.394 e. The molecule has 146 valence electrons. The maximum atomic E-state index is 9.73. The molecule has 0 spiro atoms. The van der Waals surface area contributed by atoms with Crippen LogP contribution in [0.4, 0.5) is 0 Å². The molecule has 6 heteroatoms. The molecule has 0 bridgehead atoms. The SMILES string of the molecule is CCCCCCCCCCCCNC[C@H](O)[C@@H](O)[C@@H](O)[C@H](O)CO. The lowest BCUT2D eigenvalue weighted by atomic mass is 10.0. The Balaban J connectivity index is 3.43. The highest BCUT2D eigenvalue weighted by atomic mass is 16.4. The quantitative estimate of drug-likeness (QED) is 0.218. The third-order valence-electron chi connectivity index (χ3n) is 4.39. The fraction of sp³-hybridized carbons (Fsp3) is 1.00. The minimum absolute atomic E-state index is 0.147. The molecule has 0 aromatic heterocycles. The number of unbranched alkanes of at least 4 members (excludes halogenated alkanes) is 9. The van der Waals surface area contributed by atoms with Gasteiger partial charge in [0.15, 0.2) is 0 Å². The summed E-state index contributed by atoms with van der Waals surface area (Å²) in [5.41, 5.74) is 0. The van der Waals surface area contributed by atoms with E-state index in [9.17, 15) is 20.4 Å². The number of hydrogen-bond donors (Lipinski definition) is 6. The van der Waals surface area contributed by atoms with Crippen LogP contribution in [-0.2, 0) is 0 Å². The molecule has 0 aliphatic rings. The predicted molar refractivity (Wildman–Crippen MR) is 95.8 cm³/mol. The zero-order valence-corrected chi connectivity index (χ0v) is 15.2. The Morgan fingerprint density at radius 1 is 0.667 bits per heavy atom. The van der Waals surface area contributed by atoms with Crippen LogP contribution in [0.1, 0.15) is 71.1 Å². The van der Waals surface area contributed by atoms with E-state index in [2.05, 4.69) is 12.2 Å². The molecule has 0 aliphatic carbocycles. The summed E-state index contributed by atoms with van der Waals surface area (Å²) in [7, 11) is 0. The Hall–Kier alpha value is -0.240. The number of aliphatic hydroxyl groups is 5. The molecule has 24 heavy (non-hydrogen) atoms. The highest BCUT2D eigenvalue weighted by molar-refractivity contribution is 4.81. The molecule has 0 saturated carbocycles. The molecule has 0 saturated heterocycles. The smallest absolute Gasteiger partial charge is 0.111 e. The van der Waals surface area contributed by atoms with Crippen molar-refractivity contribution in [1.29, 1.82) is 0 Å². The average Bonchev–Trinajstić information content (AvgIpc) is 2.60. The van der Waals surface area contributed by atoms with Gasteiger partial charge in [-0.3, -0.25) is 0 Å². The van der Waals surface area contributed by atoms with Crippen molar-refractivity contribution in [2.75, 3.05) is 19.7 Å². The summed E-state index contributed by atoms with van der Waals surface area (Å²) < 4.78 is 0. The van der Waals surface area contributed by atoms with E-state index in [0.717, 1.165) is 19.4 Å². The highest BCUT2D eigenvalue weighted by Crippen LogP contribution is 2.10. The molecule has 0 aliphatic heterocycles. The van der Waals surface area contributed by atoms with Crippen LogP contribution in [0.15, 0.2) is 0 Å². The van der Waals surface area contributed by atoms with Gasteiger partial charge in [0, 0.05) is 6.54 Å². The van der Waals surface area contributed by atoms with Crippen molar-refractivity contribution in [3.63, 3.8) is 0 Å². The third-order valence-corrected chi connectivity index (χ3v) is 4.39. The summed E-state index contributed by atoms with van der Waals surface area (Å²) in [5, 5.41) is 49.9. The summed E-state index contributed by atoms with van der Waals surface area (Å²) >= 11 is 0. The lowest BCUT2D eigenvalue weighted by Gasteiger charge is -2.25. The largest absolute Gasteiger partial charge is 0.394 e. The molecule has 0 fully saturated rings. The number of rotatable bonds is 17. The summed E-state index contributed by atoms with van der Waals surface area (Å²) in [6.45, 7) is 2.47. The van der Waals surface area contributed by atoms with Gasteiger partial charge in [0.05, 0.1) is 12.7 Å². The van der Waals surface area contributed by atoms with E-state index in [1.165, 1.54) is 51.4 Å². The zero-order chi connectivity index (χ0) is 18.2. The van der Waals surface area contributed by atoms with Crippen LogP contribution in [0.2, 0.25) is 0 Å². The molecule has 6 nitrogen and oxygen atoms in total. The van der Waals surface area contributed by atoms with Crippen molar-refractivity contribution >= 4 is 0 Å². The van der Waals surface area contributed by atoms with Crippen molar-refractivity contribution in [3.8, 4) is 0 Å². The van der Waals surface area contributed by atoms with Gasteiger partial charge in [0.1, 0.15) is 18.3 Å². The molecule has 0 aromatic rings. The second-order valence-corrected chi connectivity index (χ2v) is 6.68. The molecule has 6 N–H and O–H groups in total. The normalized spacial score (nSPS) is 16.8. The molecule has 0 amide bonds. The predicted octanol–water partition coefficient (Wildman–Crippen LogP) is 0.933. The average molecular weight is 350 g/mol. The van der Waals surface area contributed by atoms with Crippen LogP contribution in [0.5, 0.6) is 0 Å². The van der Waals surface area contributed by atoms with Gasteiger partial charge in [-0.15, -0.1) is 0 Å². The van der Waals surface area contributed by atoms with Crippen LogP contribution in [-0.4, -0.2) is 69.6 Å². The van der Waals surface area contributed by atoms with Crippen LogP contribution in [0, 0.1) is 0 Å². The Kier molecular flexibility index (Phi) is 16.1. The van der Waals surface area contributed by atoms with E-state index in [0.29, 0.717) is 0 Å². The molecular weight excluding hydrogens is 310 g/mol. The van der Waals surface area contributed by atoms with Crippen molar-refractivity contribution in [2.45, 2.75) is 95.5 Å². The Morgan fingerprint density at radius 2 is 1.12 bits per heavy atom. The number of nitrogens with one attached hydrogen (secondary N) is 1. The van der Waals surface area contributed by atoms with Gasteiger partial charge in [-0.1, -0.05) is 64.7 Å². The molecule has 0 aromatic carbocycles. The first kappa shape index (κ1) is 23.8. The van der Waals surface area contributed by atoms with Gasteiger partial charge in [-0.05, 0) is 13.0 Å². The van der Waals surface area contributed by atoms with Gasteiger partial charge in [-0.25, -0.2) is 0 Å². The molecule has 0 heterocycles. The monoisotopic (exact) mass is 349 g/mol. The van der Waals surface area contributed by atoms with E-state index < -0.39 is 31.0 Å². The lowest BCUT2D eigenvalue weighted by molar-refractivity contribution is -0.113. The lowest BCUT2D eigenvalue weighted by Crippen LogP contribution is -2.49. The molecule has 0 radical (unpaired) electrons. The molecule has 0 rings (SSSR count). The van der Waals surface area contributed by atoms with Crippen molar-refractivity contribution < 1.29 is 25.5 Å². The Labute approximate surface area is 146 Å². The van der Waals surface area contributed by atoms with Crippen molar-refractivity contribution in [1.82, 2.24) is 5.32 Å². The third kappa shape index (κ3) is 12.2. The van der Waals surface area contributed by atoms with E-state index >= 15 is 0 Å². The van der Waals surface area contributed by atoms with Gasteiger partial charge in [-0.2, -0.15) is 0 Å². The van der Waals surface area contributed by atoms with E-state index in [4.69, 9.17) is 5.11 Å². The molecular formula is C18H39NO5.